The molecule has 2 aromatic rings. The summed E-state index contributed by atoms with van der Waals surface area (Å²) in [6, 6.07) is 10.2. The van der Waals surface area contributed by atoms with Gasteiger partial charge in [0.25, 0.3) is 0 Å². The highest BCUT2D eigenvalue weighted by Gasteiger charge is 2.08. The predicted octanol–water partition coefficient (Wildman–Crippen LogP) is 4.26. The number of methoxy groups -OCH3 is 1. The molecule has 96 valence electrons. The predicted molar refractivity (Wildman–Crippen MR) is 77.6 cm³/mol. The van der Waals surface area contributed by atoms with Crippen molar-refractivity contribution < 1.29 is 4.74 Å². The maximum Gasteiger partial charge on any atom is 0.123 e. The summed E-state index contributed by atoms with van der Waals surface area (Å²) >= 11 is 7.77. The van der Waals surface area contributed by atoms with Crippen LogP contribution in [0.2, 0.25) is 5.02 Å². The highest BCUT2D eigenvalue weighted by Crippen LogP contribution is 2.24. The Balaban J connectivity index is 2.03. The maximum absolute atomic E-state index is 6.01. The Morgan fingerprint density at radius 2 is 2.22 bits per heavy atom. The van der Waals surface area contributed by atoms with Gasteiger partial charge in [-0.3, -0.25) is 0 Å². The van der Waals surface area contributed by atoms with Gasteiger partial charge < -0.3 is 10.1 Å². The lowest BCUT2D eigenvalue weighted by Gasteiger charge is -2.14. The van der Waals surface area contributed by atoms with E-state index in [1.807, 2.05) is 18.2 Å². The van der Waals surface area contributed by atoms with Crippen LogP contribution in [0.4, 0.5) is 0 Å². The summed E-state index contributed by atoms with van der Waals surface area (Å²) in [4.78, 5) is 1.33. The quantitative estimate of drug-likeness (QED) is 0.884. The van der Waals surface area contributed by atoms with Gasteiger partial charge >= 0.3 is 0 Å². The van der Waals surface area contributed by atoms with Crippen LogP contribution >= 0.6 is 22.9 Å². The average Bonchev–Trinajstić information content (AvgIpc) is 2.90. The fourth-order valence-corrected chi connectivity index (χ4v) is 2.74. The summed E-state index contributed by atoms with van der Waals surface area (Å²) in [5, 5.41) is 6.30. The largest absolute Gasteiger partial charge is 0.496 e. The molecule has 0 bridgehead atoms. The van der Waals surface area contributed by atoms with Crippen LogP contribution < -0.4 is 10.1 Å². The van der Waals surface area contributed by atoms with Gasteiger partial charge in [0, 0.05) is 28.0 Å². The van der Waals surface area contributed by atoms with Crippen molar-refractivity contribution in [2.45, 2.75) is 19.5 Å². The third-order valence-electron chi connectivity index (χ3n) is 2.81. The van der Waals surface area contributed by atoms with E-state index in [-0.39, 0.29) is 0 Å². The maximum atomic E-state index is 6.01. The number of thiophene rings is 1. The lowest BCUT2D eigenvalue weighted by atomic mass is 10.2. The number of ether oxygens (including phenoxy) is 1. The third-order valence-corrected chi connectivity index (χ3v) is 4.10. The minimum absolute atomic E-state index is 0.327. The van der Waals surface area contributed by atoms with Crippen molar-refractivity contribution >= 4 is 22.9 Å². The number of hydrogen-bond acceptors (Lipinski definition) is 3. The fourth-order valence-electron chi connectivity index (χ4n) is 1.79. The van der Waals surface area contributed by atoms with Crippen LogP contribution in [0.25, 0.3) is 0 Å². The van der Waals surface area contributed by atoms with Gasteiger partial charge in [0.15, 0.2) is 0 Å². The zero-order chi connectivity index (χ0) is 13.0. The molecule has 18 heavy (non-hydrogen) atoms. The molecule has 4 heteroatoms. The molecule has 0 amide bonds. The van der Waals surface area contributed by atoms with Crippen molar-refractivity contribution in [2.24, 2.45) is 0 Å². The summed E-state index contributed by atoms with van der Waals surface area (Å²) in [5.74, 6) is 0.866. The smallest absolute Gasteiger partial charge is 0.123 e. The van der Waals surface area contributed by atoms with Gasteiger partial charge in [-0.2, -0.15) is 0 Å². The number of benzene rings is 1. The van der Waals surface area contributed by atoms with Crippen LogP contribution in [0.3, 0.4) is 0 Å². The van der Waals surface area contributed by atoms with Gasteiger partial charge in [0.05, 0.1) is 7.11 Å². The number of nitrogens with one attached hydrogen (secondary N) is 1. The number of hydrogen-bond donors (Lipinski definition) is 1. The first kappa shape index (κ1) is 13.4. The van der Waals surface area contributed by atoms with E-state index < -0.39 is 0 Å². The van der Waals surface area contributed by atoms with Crippen molar-refractivity contribution in [1.82, 2.24) is 5.32 Å². The molecule has 0 saturated heterocycles. The van der Waals surface area contributed by atoms with Crippen molar-refractivity contribution in [2.75, 3.05) is 7.11 Å². The minimum atomic E-state index is 0.327. The molecule has 1 aromatic carbocycles. The molecule has 1 atom stereocenters. The summed E-state index contributed by atoms with van der Waals surface area (Å²) < 4.78 is 5.33. The van der Waals surface area contributed by atoms with Crippen molar-refractivity contribution in [3.63, 3.8) is 0 Å². The van der Waals surface area contributed by atoms with E-state index in [1.54, 1.807) is 18.4 Å². The molecule has 0 aliphatic rings. The van der Waals surface area contributed by atoms with Crippen LogP contribution in [0.1, 0.15) is 23.4 Å². The van der Waals surface area contributed by atoms with Gasteiger partial charge in [-0.1, -0.05) is 17.7 Å². The summed E-state index contributed by atoms with van der Waals surface area (Å²) in [6.07, 6.45) is 0. The molecular formula is C14H16ClNOS. The average molecular weight is 282 g/mol. The Morgan fingerprint density at radius 1 is 1.39 bits per heavy atom. The molecule has 2 nitrogen and oxygen atoms in total. The second-order valence-electron chi connectivity index (χ2n) is 4.07. The van der Waals surface area contributed by atoms with E-state index in [2.05, 4.69) is 29.8 Å². The summed E-state index contributed by atoms with van der Waals surface area (Å²) in [7, 11) is 1.68. The molecule has 0 saturated carbocycles. The molecule has 0 radical (unpaired) electrons. The Kier molecular flexibility index (Phi) is 4.64. The van der Waals surface area contributed by atoms with E-state index in [1.165, 1.54) is 4.88 Å². The van der Waals surface area contributed by atoms with Gasteiger partial charge in [-0.15, -0.1) is 11.3 Å². The molecular weight excluding hydrogens is 266 g/mol. The normalized spacial score (nSPS) is 12.4. The van der Waals surface area contributed by atoms with E-state index in [0.29, 0.717) is 6.04 Å². The molecule has 1 N–H and O–H groups in total. The Labute approximate surface area is 117 Å². The van der Waals surface area contributed by atoms with Crippen LogP contribution in [0.15, 0.2) is 35.7 Å². The summed E-state index contributed by atoms with van der Waals surface area (Å²) in [6.45, 7) is 2.89. The first-order chi connectivity index (χ1) is 8.70. The molecule has 1 unspecified atom stereocenters. The van der Waals surface area contributed by atoms with Crippen molar-refractivity contribution in [3.8, 4) is 5.75 Å². The zero-order valence-electron chi connectivity index (χ0n) is 10.4. The second kappa shape index (κ2) is 6.23. The topological polar surface area (TPSA) is 21.3 Å². The SMILES string of the molecule is COc1ccc(Cl)cc1CNC(C)c1cccs1. The fraction of sp³-hybridized carbons (Fsp3) is 0.286. The highest BCUT2D eigenvalue weighted by molar-refractivity contribution is 7.10. The molecule has 0 spiro atoms. The molecule has 0 fully saturated rings. The van der Waals surface area contributed by atoms with E-state index in [4.69, 9.17) is 16.3 Å². The Morgan fingerprint density at radius 3 is 2.89 bits per heavy atom. The monoisotopic (exact) mass is 281 g/mol. The Hall–Kier alpha value is -1.03. The number of halogens is 1. The highest BCUT2D eigenvalue weighted by atomic mass is 35.5. The lowest BCUT2D eigenvalue weighted by Crippen LogP contribution is -2.17. The lowest BCUT2D eigenvalue weighted by molar-refractivity contribution is 0.406. The molecule has 1 aromatic heterocycles. The van der Waals surface area contributed by atoms with Crippen LogP contribution in [0, 0.1) is 0 Å². The van der Waals surface area contributed by atoms with Crippen LogP contribution in [-0.4, -0.2) is 7.11 Å². The first-order valence-corrected chi connectivity index (χ1v) is 7.05. The molecule has 1 heterocycles. The summed E-state index contributed by atoms with van der Waals surface area (Å²) in [5.41, 5.74) is 1.08. The standard InChI is InChI=1S/C14H16ClNOS/c1-10(14-4-3-7-18-14)16-9-11-8-12(15)5-6-13(11)17-2/h3-8,10,16H,9H2,1-2H3. The van der Waals surface area contributed by atoms with E-state index >= 15 is 0 Å². The van der Waals surface area contributed by atoms with E-state index in [9.17, 15) is 0 Å². The third kappa shape index (κ3) is 3.25. The van der Waals surface area contributed by atoms with Gasteiger partial charge in [0.1, 0.15) is 5.75 Å². The number of rotatable bonds is 5. The van der Waals surface area contributed by atoms with E-state index in [0.717, 1.165) is 22.9 Å². The zero-order valence-corrected chi connectivity index (χ0v) is 12.0. The Bertz CT molecular complexity index is 499. The van der Waals surface area contributed by atoms with Crippen molar-refractivity contribution in [3.05, 3.63) is 51.2 Å². The van der Waals surface area contributed by atoms with Crippen molar-refractivity contribution in [1.29, 1.82) is 0 Å². The molecule has 2 rings (SSSR count). The van der Waals surface area contributed by atoms with Gasteiger partial charge in [-0.05, 0) is 36.6 Å². The van der Waals surface area contributed by atoms with Crippen LogP contribution in [-0.2, 0) is 6.54 Å². The minimum Gasteiger partial charge on any atom is -0.496 e. The van der Waals surface area contributed by atoms with Crippen LogP contribution in [0.5, 0.6) is 5.75 Å². The first-order valence-electron chi connectivity index (χ1n) is 5.80. The van der Waals surface area contributed by atoms with Gasteiger partial charge in [0.2, 0.25) is 0 Å². The molecule has 0 aliphatic heterocycles. The second-order valence-corrected chi connectivity index (χ2v) is 5.49. The molecule has 0 aliphatic carbocycles. The van der Waals surface area contributed by atoms with Gasteiger partial charge in [-0.25, -0.2) is 0 Å².